The number of ether oxygens (including phenoxy) is 5. The number of benzene rings is 2. The smallest absolute Gasteiger partial charge is 0.444 e. The molecule has 1 saturated heterocycles. The van der Waals surface area contributed by atoms with Crippen molar-refractivity contribution in [2.24, 2.45) is 0 Å². The normalized spacial score (nSPS) is 18.1. The number of hydrogen-bond donors (Lipinski definition) is 0. The van der Waals surface area contributed by atoms with Crippen molar-refractivity contribution < 1.29 is 43.0 Å². The molecule has 46 heavy (non-hydrogen) atoms. The molecule has 0 N–H and O–H groups in total. The second kappa shape index (κ2) is 14.0. The molecule has 2 heterocycles. The first kappa shape index (κ1) is 34.5. The SMILES string of the molecule is CC(C)(C)OC(=O)O[C@H]1CN(C(=O)OC(C)(C)C)[C@H](Cc2ccc(-c3ccc(Cl)s3)cc2)[C@@H]1OC(=O)Oc1ccc([N+](=O)[O-])cc1. The van der Waals surface area contributed by atoms with Gasteiger partial charge in [-0.1, -0.05) is 35.9 Å². The highest BCUT2D eigenvalue weighted by atomic mass is 35.5. The Morgan fingerprint density at radius 2 is 1.52 bits per heavy atom. The lowest BCUT2D eigenvalue weighted by Gasteiger charge is -2.30. The molecule has 1 aliphatic heterocycles. The summed E-state index contributed by atoms with van der Waals surface area (Å²) < 4.78 is 28.3. The van der Waals surface area contributed by atoms with E-state index in [1.54, 1.807) is 41.5 Å². The molecule has 3 aromatic rings. The van der Waals surface area contributed by atoms with E-state index in [0.717, 1.165) is 16.0 Å². The van der Waals surface area contributed by atoms with Crippen molar-refractivity contribution in [1.82, 2.24) is 4.90 Å². The van der Waals surface area contributed by atoms with Crippen molar-refractivity contribution >= 4 is 47.0 Å². The van der Waals surface area contributed by atoms with Crippen LogP contribution in [0.15, 0.2) is 60.7 Å². The molecule has 0 bridgehead atoms. The highest BCUT2D eigenvalue weighted by molar-refractivity contribution is 7.19. The molecule has 1 aliphatic rings. The third kappa shape index (κ3) is 9.57. The van der Waals surface area contributed by atoms with Crippen LogP contribution in [-0.2, 0) is 25.4 Å². The van der Waals surface area contributed by atoms with Crippen LogP contribution < -0.4 is 4.74 Å². The van der Waals surface area contributed by atoms with Crippen molar-refractivity contribution in [1.29, 1.82) is 0 Å². The van der Waals surface area contributed by atoms with E-state index < -0.39 is 52.8 Å². The molecular weight excluding hydrogens is 640 g/mol. The van der Waals surface area contributed by atoms with Gasteiger partial charge in [-0.25, -0.2) is 14.4 Å². The Morgan fingerprint density at radius 1 is 0.891 bits per heavy atom. The summed E-state index contributed by atoms with van der Waals surface area (Å²) in [6.45, 7) is 9.99. The number of nitrogens with zero attached hydrogens (tertiary/aromatic N) is 2. The summed E-state index contributed by atoms with van der Waals surface area (Å²) in [6.07, 6.45) is -5.05. The van der Waals surface area contributed by atoms with Crippen molar-refractivity contribution in [3.63, 3.8) is 0 Å². The summed E-state index contributed by atoms with van der Waals surface area (Å²) in [5.41, 5.74) is -0.175. The number of nitro benzene ring substituents is 1. The maximum Gasteiger partial charge on any atom is 0.514 e. The number of likely N-dealkylation sites (tertiary alicyclic amines) is 1. The topological polar surface area (TPSA) is 144 Å². The summed E-state index contributed by atoms with van der Waals surface area (Å²) in [7, 11) is 0. The molecule has 246 valence electrons. The molecule has 1 aromatic heterocycles. The molecule has 0 saturated carbocycles. The number of carbonyl (C=O) groups is 3. The lowest BCUT2D eigenvalue weighted by molar-refractivity contribution is -0.384. The lowest BCUT2D eigenvalue weighted by Crippen LogP contribution is -2.45. The van der Waals surface area contributed by atoms with Crippen LogP contribution in [0.1, 0.15) is 47.1 Å². The molecule has 4 rings (SSSR count). The first-order valence-electron chi connectivity index (χ1n) is 14.3. The van der Waals surface area contributed by atoms with E-state index in [1.165, 1.54) is 40.5 Å². The first-order chi connectivity index (χ1) is 21.5. The number of amides is 1. The van der Waals surface area contributed by atoms with Gasteiger partial charge in [0.2, 0.25) is 0 Å². The minimum atomic E-state index is -1.21. The Bertz CT molecular complexity index is 1560. The third-order valence-electron chi connectivity index (χ3n) is 6.53. The van der Waals surface area contributed by atoms with Crippen LogP contribution in [0.2, 0.25) is 4.34 Å². The van der Waals surface area contributed by atoms with E-state index in [-0.39, 0.29) is 24.4 Å². The van der Waals surface area contributed by atoms with E-state index in [9.17, 15) is 24.5 Å². The molecule has 0 radical (unpaired) electrons. The standard InChI is InChI=1S/C32H35ClN2O10S/c1-31(2,3)44-28(36)34-18-24(42-30(38)45-32(4,5)6)27(43-29(37)41-22-13-11-21(12-14-22)35(39)40)23(34)17-19-7-9-20(10-8-19)25-15-16-26(33)46-25/h7-16,23-24,27H,17-18H2,1-6H3/t23-,24+,27+/m1/s1. The Balaban J connectivity index is 1.64. The average molecular weight is 675 g/mol. The highest BCUT2D eigenvalue weighted by Crippen LogP contribution is 2.33. The molecular formula is C32H35ClN2O10S. The van der Waals surface area contributed by atoms with Crippen LogP contribution in [0.3, 0.4) is 0 Å². The van der Waals surface area contributed by atoms with E-state index in [1.807, 2.05) is 36.4 Å². The van der Waals surface area contributed by atoms with Crippen LogP contribution in [-0.4, -0.2) is 64.2 Å². The van der Waals surface area contributed by atoms with Crippen LogP contribution >= 0.6 is 22.9 Å². The Morgan fingerprint density at radius 3 is 2.07 bits per heavy atom. The Hall–Kier alpha value is -4.36. The average Bonchev–Trinajstić information content (AvgIpc) is 3.51. The van der Waals surface area contributed by atoms with Gasteiger partial charge >= 0.3 is 18.4 Å². The minimum Gasteiger partial charge on any atom is -0.444 e. The first-order valence-corrected chi connectivity index (χ1v) is 15.5. The maximum absolute atomic E-state index is 13.5. The predicted molar refractivity (Wildman–Crippen MR) is 170 cm³/mol. The van der Waals surface area contributed by atoms with Crippen LogP contribution in [0.5, 0.6) is 5.75 Å². The van der Waals surface area contributed by atoms with Crippen molar-refractivity contribution in [2.75, 3.05) is 6.54 Å². The fraction of sp³-hybridized carbons (Fsp3) is 0.406. The second-order valence-electron chi connectivity index (χ2n) is 12.5. The molecule has 0 aliphatic carbocycles. The number of non-ortho nitro benzene ring substituents is 1. The van der Waals surface area contributed by atoms with Crippen LogP contribution in [0.25, 0.3) is 10.4 Å². The zero-order chi connectivity index (χ0) is 33.8. The van der Waals surface area contributed by atoms with Crippen molar-refractivity contribution in [3.8, 4) is 16.2 Å². The molecule has 14 heteroatoms. The largest absolute Gasteiger partial charge is 0.514 e. The van der Waals surface area contributed by atoms with Crippen molar-refractivity contribution in [3.05, 3.63) is 80.7 Å². The van der Waals surface area contributed by atoms with Gasteiger partial charge in [-0.05, 0) is 83.4 Å². The fourth-order valence-corrected chi connectivity index (χ4v) is 5.70. The molecule has 0 spiro atoms. The zero-order valence-electron chi connectivity index (χ0n) is 26.2. The van der Waals surface area contributed by atoms with Crippen LogP contribution in [0.4, 0.5) is 20.1 Å². The second-order valence-corrected chi connectivity index (χ2v) is 14.2. The van der Waals surface area contributed by atoms with Gasteiger partial charge in [0, 0.05) is 17.0 Å². The number of nitro groups is 1. The van der Waals surface area contributed by atoms with E-state index in [0.29, 0.717) is 4.34 Å². The summed E-state index contributed by atoms with van der Waals surface area (Å²) in [4.78, 5) is 52.0. The van der Waals surface area contributed by atoms with Gasteiger partial charge in [-0.2, -0.15) is 0 Å². The fourth-order valence-electron chi connectivity index (χ4n) is 4.65. The summed E-state index contributed by atoms with van der Waals surface area (Å²) >= 11 is 7.54. The Kier molecular flexibility index (Phi) is 10.5. The highest BCUT2D eigenvalue weighted by Gasteiger charge is 2.50. The van der Waals surface area contributed by atoms with Gasteiger partial charge in [0.15, 0.2) is 12.2 Å². The van der Waals surface area contributed by atoms with Gasteiger partial charge in [0.1, 0.15) is 17.0 Å². The van der Waals surface area contributed by atoms with Crippen LogP contribution in [0, 0.1) is 10.1 Å². The predicted octanol–water partition coefficient (Wildman–Crippen LogP) is 8.04. The summed E-state index contributed by atoms with van der Waals surface area (Å²) in [5, 5.41) is 11.0. The molecule has 1 fully saturated rings. The van der Waals surface area contributed by atoms with E-state index in [4.69, 9.17) is 35.3 Å². The van der Waals surface area contributed by atoms with E-state index in [2.05, 4.69) is 0 Å². The monoisotopic (exact) mass is 674 g/mol. The maximum atomic E-state index is 13.5. The summed E-state index contributed by atoms with van der Waals surface area (Å²) in [6, 6.07) is 15.3. The van der Waals surface area contributed by atoms with Gasteiger partial charge in [-0.3, -0.25) is 15.0 Å². The third-order valence-corrected chi connectivity index (χ3v) is 7.81. The molecule has 0 unspecified atom stereocenters. The molecule has 1 amide bonds. The van der Waals surface area contributed by atoms with Gasteiger partial charge in [0.25, 0.3) is 5.69 Å². The molecule has 12 nitrogen and oxygen atoms in total. The number of rotatable bonds is 7. The Labute approximate surface area is 275 Å². The number of thiophene rings is 1. The molecule has 3 atom stereocenters. The van der Waals surface area contributed by atoms with Crippen molar-refractivity contribution in [2.45, 2.75) is 77.4 Å². The summed E-state index contributed by atoms with van der Waals surface area (Å²) in [5.74, 6) is -0.0111. The number of halogens is 1. The quantitative estimate of drug-likeness (QED) is 0.0794. The molecule has 2 aromatic carbocycles. The zero-order valence-corrected chi connectivity index (χ0v) is 27.8. The minimum absolute atomic E-state index is 0.0111. The number of carbonyl (C=O) groups excluding carboxylic acids is 3. The van der Waals surface area contributed by atoms with Gasteiger partial charge in [0.05, 0.1) is 21.8 Å². The lowest BCUT2D eigenvalue weighted by atomic mass is 9.99. The van der Waals surface area contributed by atoms with Gasteiger partial charge < -0.3 is 23.7 Å². The van der Waals surface area contributed by atoms with Gasteiger partial charge in [-0.15, -0.1) is 11.3 Å². The van der Waals surface area contributed by atoms with E-state index >= 15 is 0 Å². The number of hydrogen-bond acceptors (Lipinski definition) is 11.